The Morgan fingerprint density at radius 1 is 1.54 bits per heavy atom. The molecule has 2 aromatic rings. The molecule has 1 heterocycles. The van der Waals surface area contributed by atoms with Crippen molar-refractivity contribution in [3.05, 3.63) is 28.5 Å². The highest BCUT2D eigenvalue weighted by Crippen LogP contribution is 2.21. The smallest absolute Gasteiger partial charge is 0.121 e. The SMILES string of the molecule is Cc1cc2[nH]c(CN)nc2cc1Cl. The number of nitrogens with two attached hydrogens (primary N) is 1. The van der Waals surface area contributed by atoms with Gasteiger partial charge in [0, 0.05) is 5.02 Å². The van der Waals surface area contributed by atoms with Crippen LogP contribution in [0.2, 0.25) is 5.02 Å². The molecule has 1 aromatic carbocycles. The largest absolute Gasteiger partial charge is 0.341 e. The summed E-state index contributed by atoms with van der Waals surface area (Å²) >= 11 is 5.95. The Morgan fingerprint density at radius 3 is 3.00 bits per heavy atom. The highest BCUT2D eigenvalue weighted by Gasteiger charge is 2.03. The zero-order valence-corrected chi connectivity index (χ0v) is 8.02. The Bertz CT molecular complexity index is 408. The van der Waals surface area contributed by atoms with Crippen LogP contribution in [0, 0.1) is 6.92 Å². The topological polar surface area (TPSA) is 54.7 Å². The van der Waals surface area contributed by atoms with Gasteiger partial charge < -0.3 is 10.7 Å². The predicted octanol–water partition coefficient (Wildman–Crippen LogP) is 1.98. The number of fused-ring (bicyclic) bond motifs is 1. The predicted molar refractivity (Wildman–Crippen MR) is 53.7 cm³/mol. The van der Waals surface area contributed by atoms with Gasteiger partial charge in [-0.25, -0.2) is 4.98 Å². The molecule has 0 atom stereocenters. The van der Waals surface area contributed by atoms with Crippen molar-refractivity contribution in [1.29, 1.82) is 0 Å². The summed E-state index contributed by atoms with van der Waals surface area (Å²) < 4.78 is 0. The molecule has 0 spiro atoms. The van der Waals surface area contributed by atoms with E-state index in [1.165, 1.54) is 0 Å². The number of nitrogens with zero attached hydrogens (tertiary/aromatic N) is 1. The lowest BCUT2D eigenvalue weighted by Crippen LogP contribution is -1.97. The van der Waals surface area contributed by atoms with Gasteiger partial charge in [0.05, 0.1) is 17.6 Å². The van der Waals surface area contributed by atoms with Crippen LogP contribution < -0.4 is 5.73 Å². The van der Waals surface area contributed by atoms with E-state index in [4.69, 9.17) is 17.3 Å². The number of aryl methyl sites for hydroxylation is 1. The third-order valence-electron chi connectivity index (χ3n) is 2.00. The number of imidazole rings is 1. The van der Waals surface area contributed by atoms with Gasteiger partial charge in [-0.1, -0.05) is 11.6 Å². The number of aromatic amines is 1. The molecule has 0 amide bonds. The van der Waals surface area contributed by atoms with Crippen LogP contribution in [0.4, 0.5) is 0 Å². The van der Waals surface area contributed by atoms with Crippen molar-refractivity contribution in [2.24, 2.45) is 5.73 Å². The molecule has 3 nitrogen and oxygen atoms in total. The number of rotatable bonds is 1. The second-order valence-electron chi connectivity index (χ2n) is 3.01. The fourth-order valence-corrected chi connectivity index (χ4v) is 1.45. The molecule has 0 radical (unpaired) electrons. The summed E-state index contributed by atoms with van der Waals surface area (Å²) in [5.41, 5.74) is 8.37. The highest BCUT2D eigenvalue weighted by atomic mass is 35.5. The molecular formula is C9H10ClN3. The van der Waals surface area contributed by atoms with Crippen LogP contribution in [0.1, 0.15) is 11.4 Å². The van der Waals surface area contributed by atoms with Gasteiger partial charge in [-0.2, -0.15) is 0 Å². The van der Waals surface area contributed by atoms with Gasteiger partial charge in [0.2, 0.25) is 0 Å². The number of aromatic nitrogens is 2. The zero-order chi connectivity index (χ0) is 9.42. The molecule has 0 saturated carbocycles. The maximum atomic E-state index is 5.95. The lowest BCUT2D eigenvalue weighted by Gasteiger charge is -1.95. The minimum Gasteiger partial charge on any atom is -0.341 e. The molecule has 0 aliphatic carbocycles. The van der Waals surface area contributed by atoms with Crippen LogP contribution in [0.5, 0.6) is 0 Å². The van der Waals surface area contributed by atoms with E-state index in [1.807, 2.05) is 19.1 Å². The number of halogens is 1. The zero-order valence-electron chi connectivity index (χ0n) is 7.26. The van der Waals surface area contributed by atoms with Gasteiger partial charge in [-0.15, -0.1) is 0 Å². The van der Waals surface area contributed by atoms with E-state index in [9.17, 15) is 0 Å². The first kappa shape index (κ1) is 8.53. The average Bonchev–Trinajstić information content (AvgIpc) is 2.48. The van der Waals surface area contributed by atoms with E-state index in [0.29, 0.717) is 6.54 Å². The maximum Gasteiger partial charge on any atom is 0.121 e. The summed E-state index contributed by atoms with van der Waals surface area (Å²) in [6, 6.07) is 3.83. The Balaban J connectivity index is 2.70. The Kier molecular flexibility index (Phi) is 1.98. The number of H-pyrrole nitrogens is 1. The molecule has 0 aliphatic heterocycles. The minimum absolute atomic E-state index is 0.422. The normalized spacial score (nSPS) is 11.0. The Morgan fingerprint density at radius 2 is 2.31 bits per heavy atom. The molecule has 0 unspecified atom stereocenters. The van der Waals surface area contributed by atoms with Crippen LogP contribution in [0.15, 0.2) is 12.1 Å². The average molecular weight is 196 g/mol. The van der Waals surface area contributed by atoms with Crippen molar-refractivity contribution in [2.75, 3.05) is 0 Å². The third-order valence-corrected chi connectivity index (χ3v) is 2.41. The van der Waals surface area contributed by atoms with Crippen LogP contribution >= 0.6 is 11.6 Å². The van der Waals surface area contributed by atoms with Gasteiger partial charge >= 0.3 is 0 Å². The van der Waals surface area contributed by atoms with E-state index >= 15 is 0 Å². The molecule has 68 valence electrons. The van der Waals surface area contributed by atoms with Crippen LogP contribution in [0.25, 0.3) is 11.0 Å². The number of hydrogen-bond acceptors (Lipinski definition) is 2. The Hall–Kier alpha value is -1.06. The molecule has 1 aromatic heterocycles. The van der Waals surface area contributed by atoms with Crippen LogP contribution in [-0.2, 0) is 6.54 Å². The fourth-order valence-electron chi connectivity index (χ4n) is 1.29. The van der Waals surface area contributed by atoms with Crippen molar-refractivity contribution in [2.45, 2.75) is 13.5 Å². The van der Waals surface area contributed by atoms with E-state index in [0.717, 1.165) is 27.4 Å². The number of hydrogen-bond donors (Lipinski definition) is 2. The molecular weight excluding hydrogens is 186 g/mol. The van der Waals surface area contributed by atoms with Gasteiger partial charge in [-0.05, 0) is 24.6 Å². The second kappa shape index (κ2) is 3.01. The second-order valence-corrected chi connectivity index (χ2v) is 3.41. The van der Waals surface area contributed by atoms with E-state index in [2.05, 4.69) is 9.97 Å². The minimum atomic E-state index is 0.422. The van der Waals surface area contributed by atoms with E-state index < -0.39 is 0 Å². The van der Waals surface area contributed by atoms with Crippen LogP contribution in [-0.4, -0.2) is 9.97 Å². The molecule has 0 bridgehead atoms. The summed E-state index contributed by atoms with van der Waals surface area (Å²) in [6.07, 6.45) is 0. The fraction of sp³-hybridized carbons (Fsp3) is 0.222. The standard InChI is InChI=1S/C9H10ClN3/c1-5-2-7-8(3-6(5)10)13-9(4-11)12-7/h2-3H,4,11H2,1H3,(H,12,13). The van der Waals surface area contributed by atoms with Crippen molar-refractivity contribution >= 4 is 22.6 Å². The molecule has 0 fully saturated rings. The summed E-state index contributed by atoms with van der Waals surface area (Å²) in [7, 11) is 0. The third kappa shape index (κ3) is 1.41. The highest BCUT2D eigenvalue weighted by molar-refractivity contribution is 6.32. The summed E-state index contributed by atoms with van der Waals surface area (Å²) in [4.78, 5) is 7.39. The molecule has 3 N–H and O–H groups in total. The first-order chi connectivity index (χ1) is 6.20. The first-order valence-electron chi connectivity index (χ1n) is 4.05. The number of nitrogens with one attached hydrogen (secondary N) is 1. The summed E-state index contributed by atoms with van der Waals surface area (Å²) in [5.74, 6) is 0.789. The van der Waals surface area contributed by atoms with Crippen molar-refractivity contribution in [1.82, 2.24) is 9.97 Å². The lowest BCUT2D eigenvalue weighted by atomic mass is 10.2. The van der Waals surface area contributed by atoms with Gasteiger partial charge in [0.15, 0.2) is 0 Å². The first-order valence-corrected chi connectivity index (χ1v) is 4.43. The summed E-state index contributed by atoms with van der Waals surface area (Å²) in [6.45, 7) is 2.38. The van der Waals surface area contributed by atoms with Crippen molar-refractivity contribution in [3.63, 3.8) is 0 Å². The molecule has 0 saturated heterocycles. The molecule has 0 aliphatic rings. The van der Waals surface area contributed by atoms with Gasteiger partial charge in [0.1, 0.15) is 5.82 Å². The lowest BCUT2D eigenvalue weighted by molar-refractivity contribution is 0.958. The Labute approximate surface area is 80.9 Å². The number of benzene rings is 1. The molecule has 2 rings (SSSR count). The van der Waals surface area contributed by atoms with Gasteiger partial charge in [-0.3, -0.25) is 0 Å². The maximum absolute atomic E-state index is 5.95. The van der Waals surface area contributed by atoms with E-state index in [1.54, 1.807) is 0 Å². The van der Waals surface area contributed by atoms with Crippen molar-refractivity contribution < 1.29 is 0 Å². The van der Waals surface area contributed by atoms with E-state index in [-0.39, 0.29) is 0 Å². The molecule has 4 heteroatoms. The monoisotopic (exact) mass is 195 g/mol. The summed E-state index contributed by atoms with van der Waals surface area (Å²) in [5, 5.41) is 0.738. The van der Waals surface area contributed by atoms with Gasteiger partial charge in [0.25, 0.3) is 0 Å². The quantitative estimate of drug-likeness (QED) is 0.731. The van der Waals surface area contributed by atoms with Crippen molar-refractivity contribution in [3.8, 4) is 0 Å². The molecule has 13 heavy (non-hydrogen) atoms. The van der Waals surface area contributed by atoms with Crippen LogP contribution in [0.3, 0.4) is 0 Å².